The summed E-state index contributed by atoms with van der Waals surface area (Å²) >= 11 is 1.44. The lowest BCUT2D eigenvalue weighted by atomic mass is 10.6. The zero-order valence-corrected chi connectivity index (χ0v) is 6.30. The van der Waals surface area contributed by atoms with Crippen LogP contribution < -0.4 is 5.73 Å². The molecule has 2 aromatic heterocycles. The van der Waals surface area contributed by atoms with Gasteiger partial charge in [0.1, 0.15) is 12.1 Å². The summed E-state index contributed by atoms with van der Waals surface area (Å²) < 4.78 is 0. The third kappa shape index (κ3) is 1.07. The van der Waals surface area contributed by atoms with Crippen LogP contribution in [0, 0.1) is 0 Å². The Bertz CT molecular complexity index is 337. The number of aromatic nitrogens is 4. The highest BCUT2D eigenvalue weighted by Gasteiger charge is 2.03. The second-order valence-corrected chi connectivity index (χ2v) is 2.77. The third-order valence-electron chi connectivity index (χ3n) is 1.14. The molecular formula is C5H5N5S. The molecule has 0 fully saturated rings. The number of nitrogens with two attached hydrogens (primary N) is 1. The van der Waals surface area contributed by atoms with Gasteiger partial charge in [-0.3, -0.25) is 5.10 Å². The normalized spacial score (nSPS) is 10.2. The fourth-order valence-corrected chi connectivity index (χ4v) is 1.36. The molecule has 0 aliphatic carbocycles. The van der Waals surface area contributed by atoms with Crippen molar-refractivity contribution in [1.29, 1.82) is 0 Å². The van der Waals surface area contributed by atoms with Crippen molar-refractivity contribution in [3.8, 4) is 10.8 Å². The monoisotopic (exact) mass is 167 g/mol. The highest BCUT2D eigenvalue weighted by Crippen LogP contribution is 2.19. The first kappa shape index (κ1) is 6.29. The number of nitrogens with one attached hydrogen (secondary N) is 1. The summed E-state index contributed by atoms with van der Waals surface area (Å²) in [4.78, 5) is 7.94. The fraction of sp³-hybridized carbons (Fsp3) is 0. The molecule has 0 bridgehead atoms. The molecule has 0 aromatic carbocycles. The predicted octanol–water partition coefficient (Wildman–Crippen LogP) is 0.510. The highest BCUT2D eigenvalue weighted by atomic mass is 32.1. The van der Waals surface area contributed by atoms with Crippen molar-refractivity contribution in [3.63, 3.8) is 0 Å². The smallest absolute Gasteiger partial charge is 0.184 e. The molecule has 3 N–H and O–H groups in total. The Morgan fingerprint density at radius 3 is 3.00 bits per heavy atom. The van der Waals surface area contributed by atoms with Gasteiger partial charge < -0.3 is 5.73 Å². The van der Waals surface area contributed by atoms with Gasteiger partial charge in [0.15, 0.2) is 10.8 Å². The van der Waals surface area contributed by atoms with Crippen LogP contribution in [0.2, 0.25) is 0 Å². The molecule has 0 saturated carbocycles. The molecule has 0 amide bonds. The van der Waals surface area contributed by atoms with E-state index < -0.39 is 0 Å². The first-order valence-corrected chi connectivity index (χ1v) is 3.81. The van der Waals surface area contributed by atoms with Gasteiger partial charge >= 0.3 is 0 Å². The van der Waals surface area contributed by atoms with Crippen molar-refractivity contribution in [3.05, 3.63) is 11.7 Å². The summed E-state index contributed by atoms with van der Waals surface area (Å²) in [7, 11) is 0. The minimum atomic E-state index is 0.515. The van der Waals surface area contributed by atoms with Gasteiger partial charge in [-0.15, -0.1) is 11.3 Å². The van der Waals surface area contributed by atoms with Crippen molar-refractivity contribution in [2.75, 3.05) is 5.73 Å². The number of H-pyrrole nitrogens is 1. The molecule has 11 heavy (non-hydrogen) atoms. The first-order chi connectivity index (χ1) is 5.36. The van der Waals surface area contributed by atoms with Gasteiger partial charge in [0.2, 0.25) is 0 Å². The van der Waals surface area contributed by atoms with E-state index in [-0.39, 0.29) is 0 Å². The molecule has 6 heteroatoms. The summed E-state index contributed by atoms with van der Waals surface area (Å²) in [6.07, 6.45) is 1.44. The first-order valence-electron chi connectivity index (χ1n) is 2.93. The van der Waals surface area contributed by atoms with E-state index in [0.717, 1.165) is 5.01 Å². The van der Waals surface area contributed by atoms with Crippen LogP contribution in [0.5, 0.6) is 0 Å². The van der Waals surface area contributed by atoms with Gasteiger partial charge in [-0.2, -0.15) is 5.10 Å². The Morgan fingerprint density at radius 2 is 2.45 bits per heavy atom. The molecule has 0 aliphatic heterocycles. The van der Waals surface area contributed by atoms with Crippen LogP contribution in [0.3, 0.4) is 0 Å². The van der Waals surface area contributed by atoms with E-state index in [4.69, 9.17) is 5.73 Å². The summed E-state index contributed by atoms with van der Waals surface area (Å²) in [5, 5.41) is 8.92. The summed E-state index contributed by atoms with van der Waals surface area (Å²) in [6, 6.07) is 0. The van der Waals surface area contributed by atoms with E-state index in [1.54, 1.807) is 5.38 Å². The lowest BCUT2D eigenvalue weighted by molar-refractivity contribution is 1.09. The Kier molecular flexibility index (Phi) is 1.32. The molecular weight excluding hydrogens is 162 g/mol. The van der Waals surface area contributed by atoms with Gasteiger partial charge in [0, 0.05) is 5.38 Å². The van der Waals surface area contributed by atoms with E-state index in [1.807, 2.05) is 0 Å². The number of nitrogen functional groups attached to an aromatic ring is 1. The van der Waals surface area contributed by atoms with Gasteiger partial charge in [0.25, 0.3) is 0 Å². The number of hydrogen-bond acceptors (Lipinski definition) is 5. The Balaban J connectivity index is 2.45. The number of aromatic amines is 1. The van der Waals surface area contributed by atoms with Crippen molar-refractivity contribution in [2.24, 2.45) is 0 Å². The summed E-state index contributed by atoms with van der Waals surface area (Å²) in [5.41, 5.74) is 5.42. The van der Waals surface area contributed by atoms with E-state index in [9.17, 15) is 0 Å². The molecule has 0 aliphatic rings. The van der Waals surface area contributed by atoms with Crippen LogP contribution in [0.1, 0.15) is 0 Å². The number of rotatable bonds is 1. The average Bonchev–Trinajstić information content (AvgIpc) is 2.55. The van der Waals surface area contributed by atoms with Gasteiger partial charge in [-0.1, -0.05) is 0 Å². The molecule has 2 heterocycles. The van der Waals surface area contributed by atoms with E-state index >= 15 is 0 Å². The highest BCUT2D eigenvalue weighted by molar-refractivity contribution is 7.13. The van der Waals surface area contributed by atoms with Crippen molar-refractivity contribution in [1.82, 2.24) is 20.2 Å². The fourth-order valence-electron chi connectivity index (χ4n) is 0.703. The maximum atomic E-state index is 5.42. The molecule has 0 saturated heterocycles. The molecule has 0 radical (unpaired) electrons. The van der Waals surface area contributed by atoms with Crippen LogP contribution in [0.15, 0.2) is 11.7 Å². The predicted molar refractivity (Wildman–Crippen MR) is 41.9 cm³/mol. The standard InChI is InChI=1S/C5H5N5S/c6-3-1-11-5(9-3)4-7-2-8-10-4/h1-2H,6H2,(H,7,8,10). The number of thiazole rings is 1. The van der Waals surface area contributed by atoms with Gasteiger partial charge in [-0.05, 0) is 0 Å². The van der Waals surface area contributed by atoms with E-state index in [1.165, 1.54) is 17.7 Å². The van der Waals surface area contributed by atoms with Crippen LogP contribution in [-0.4, -0.2) is 20.2 Å². The molecule has 2 rings (SSSR count). The third-order valence-corrected chi connectivity index (χ3v) is 2.01. The maximum Gasteiger partial charge on any atom is 0.184 e. The van der Waals surface area contributed by atoms with Crippen molar-refractivity contribution < 1.29 is 0 Å². The topological polar surface area (TPSA) is 80.5 Å². The largest absolute Gasteiger partial charge is 0.383 e. The zero-order chi connectivity index (χ0) is 7.68. The Hall–Kier alpha value is -1.43. The quantitative estimate of drug-likeness (QED) is 0.648. The van der Waals surface area contributed by atoms with Crippen LogP contribution in [0.4, 0.5) is 5.82 Å². The van der Waals surface area contributed by atoms with Crippen LogP contribution >= 0.6 is 11.3 Å². The Morgan fingerprint density at radius 1 is 1.55 bits per heavy atom. The number of nitrogens with zero attached hydrogens (tertiary/aromatic N) is 3. The minimum absolute atomic E-state index is 0.515. The SMILES string of the molecule is Nc1csc(-c2ncn[nH]2)n1. The minimum Gasteiger partial charge on any atom is -0.383 e. The number of anilines is 1. The zero-order valence-electron chi connectivity index (χ0n) is 5.48. The molecule has 0 spiro atoms. The molecule has 0 unspecified atom stereocenters. The lowest BCUT2D eigenvalue weighted by Gasteiger charge is -1.83. The summed E-state index contributed by atoms with van der Waals surface area (Å²) in [5.74, 6) is 1.17. The molecule has 56 valence electrons. The second kappa shape index (κ2) is 2.31. The van der Waals surface area contributed by atoms with E-state index in [2.05, 4.69) is 20.2 Å². The summed E-state index contributed by atoms with van der Waals surface area (Å²) in [6.45, 7) is 0. The Labute approximate surface area is 66.3 Å². The van der Waals surface area contributed by atoms with Gasteiger partial charge in [-0.25, -0.2) is 9.97 Å². The van der Waals surface area contributed by atoms with Crippen molar-refractivity contribution in [2.45, 2.75) is 0 Å². The molecule has 2 aromatic rings. The second-order valence-electron chi connectivity index (χ2n) is 1.91. The van der Waals surface area contributed by atoms with Gasteiger partial charge in [0.05, 0.1) is 0 Å². The van der Waals surface area contributed by atoms with Crippen LogP contribution in [-0.2, 0) is 0 Å². The average molecular weight is 167 g/mol. The van der Waals surface area contributed by atoms with Crippen molar-refractivity contribution >= 4 is 17.2 Å². The van der Waals surface area contributed by atoms with Crippen LogP contribution in [0.25, 0.3) is 10.8 Å². The van der Waals surface area contributed by atoms with E-state index in [0.29, 0.717) is 11.6 Å². The molecule has 5 nitrogen and oxygen atoms in total. The molecule has 0 atom stereocenters. The maximum absolute atomic E-state index is 5.42. The lowest BCUT2D eigenvalue weighted by Crippen LogP contribution is -1.84. The number of hydrogen-bond donors (Lipinski definition) is 2.